The van der Waals surface area contributed by atoms with Gasteiger partial charge in [-0.15, -0.1) is 0 Å². The van der Waals surface area contributed by atoms with Crippen LogP contribution in [-0.4, -0.2) is 37.2 Å². The molecule has 1 fully saturated rings. The predicted octanol–water partition coefficient (Wildman–Crippen LogP) is -1.46. The normalized spacial score (nSPS) is 76.9. The van der Waals surface area contributed by atoms with Gasteiger partial charge in [0.25, 0.3) is 0 Å². The summed E-state index contributed by atoms with van der Waals surface area (Å²) in [5.74, 6) is 0. The van der Waals surface area contributed by atoms with Crippen molar-refractivity contribution in [2.45, 2.75) is 6.02 Å². The van der Waals surface area contributed by atoms with Gasteiger partial charge in [-0.1, -0.05) is 0 Å². The van der Waals surface area contributed by atoms with Gasteiger partial charge >= 0.3 is 0 Å². The average Bonchev–Trinajstić information content (AvgIpc) is 1.95. The molecule has 3 nitrogen and oxygen atoms in total. The number of aliphatic hydroxyl groups is 1. The van der Waals surface area contributed by atoms with Crippen LogP contribution in [0.1, 0.15) is 12.3 Å². The quantitative estimate of drug-likeness (QED) is 0.401. The molecule has 1 rings (SSSR count). The molecule has 0 aliphatic carbocycles. The molecular formula is C5H12N2O. The second kappa shape index (κ2) is 3.02. The Morgan fingerprint density at radius 3 is 3.62 bits per heavy atom. The summed E-state index contributed by atoms with van der Waals surface area (Å²) in [7, 11) is 0. The van der Waals surface area contributed by atoms with E-state index in [-0.39, 0.29) is 0 Å². The van der Waals surface area contributed by atoms with Crippen LogP contribution >= 0.6 is 0 Å². The van der Waals surface area contributed by atoms with Crippen molar-refractivity contribution < 1.29 is 17.4 Å². The highest BCUT2D eigenvalue weighted by Crippen LogP contribution is 1.82. The van der Waals surface area contributed by atoms with Crippen LogP contribution in [0.3, 0.4) is 0 Å². The molecule has 1 aliphatic heterocycles. The average molecular weight is 125 g/mol. The first-order valence-electron chi connectivity index (χ1n) is 6.47. The first-order chi connectivity index (χ1) is 7.16. The lowest BCUT2D eigenvalue weighted by Crippen LogP contribution is -2.49. The van der Waals surface area contributed by atoms with Gasteiger partial charge in [0.15, 0.2) is 0 Å². The van der Waals surface area contributed by atoms with E-state index in [2.05, 4.69) is 0 Å². The van der Waals surface area contributed by atoms with E-state index in [1.165, 1.54) is 0 Å². The van der Waals surface area contributed by atoms with Crippen LogP contribution in [0.5, 0.6) is 0 Å². The Bertz CT molecular complexity index is 326. The lowest BCUT2D eigenvalue weighted by atomic mass is 10.2. The van der Waals surface area contributed by atoms with Crippen LogP contribution in [0.4, 0.5) is 0 Å². The molecule has 0 amide bonds. The maximum Gasteiger partial charge on any atom is 0.0597 e. The molecule has 1 aliphatic rings. The van der Waals surface area contributed by atoms with Crippen molar-refractivity contribution in [2.75, 3.05) is 26.0 Å². The van der Waals surface area contributed by atoms with E-state index >= 15 is 0 Å². The van der Waals surface area contributed by atoms with Crippen molar-refractivity contribution in [2.24, 2.45) is 0 Å². The molecule has 8 heavy (non-hydrogen) atoms. The number of rotatable bonds is 1. The highest BCUT2D eigenvalue weighted by Gasteiger charge is 2.08. The summed E-state index contributed by atoms with van der Waals surface area (Å²) >= 11 is 0. The second-order valence-electron chi connectivity index (χ2n) is 1.11. The molecule has 0 aromatic heterocycles. The van der Waals surface area contributed by atoms with Crippen LogP contribution in [0.25, 0.3) is 0 Å². The van der Waals surface area contributed by atoms with Crippen molar-refractivity contribution in [3.63, 3.8) is 0 Å². The largest absolute Gasteiger partial charge is 0.395 e. The Hall–Kier alpha value is -0.120. The van der Waals surface area contributed by atoms with Gasteiger partial charge in [-0.2, -0.15) is 0 Å². The number of hydrogen-bond donors (Lipinski definition) is 3. The predicted molar refractivity (Wildman–Crippen MR) is 31.7 cm³/mol. The maximum absolute atomic E-state index is 9.15. The van der Waals surface area contributed by atoms with E-state index in [0.29, 0.717) is 0 Å². The Morgan fingerprint density at radius 1 is 2.00 bits per heavy atom. The standard InChI is InChI=1S/C5H12N2O/c8-4-5-3-6-1-2-7-5/h5-8H,1-4H2/i1D2,2D2,3D2,4D2,5D. The smallest absolute Gasteiger partial charge is 0.0597 e. The minimum atomic E-state index is -3.42. The highest BCUT2D eigenvalue weighted by atomic mass is 16.3. The Kier molecular flexibility index (Phi) is 0.494. The van der Waals surface area contributed by atoms with Gasteiger partial charge in [0, 0.05) is 33.7 Å². The molecule has 0 saturated carbocycles. The zero-order chi connectivity index (χ0) is 13.9. The van der Waals surface area contributed by atoms with Crippen molar-refractivity contribution >= 4 is 0 Å². The fourth-order valence-electron chi connectivity index (χ4n) is 0.306. The van der Waals surface area contributed by atoms with Crippen LogP contribution in [0, 0.1) is 0 Å². The molecule has 48 valence electrons. The number of piperazine rings is 1. The van der Waals surface area contributed by atoms with Crippen LogP contribution in [0.2, 0.25) is 0 Å². The number of nitrogens with one attached hydrogen (secondary N) is 2. The first kappa shape index (κ1) is 1.31. The zero-order valence-electron chi connectivity index (χ0n) is 12.9. The van der Waals surface area contributed by atoms with E-state index in [0.717, 1.165) is 0 Å². The summed E-state index contributed by atoms with van der Waals surface area (Å²) in [6.45, 7) is -12.3. The molecule has 3 N–H and O–H groups in total. The van der Waals surface area contributed by atoms with Gasteiger partial charge in [-0.25, -0.2) is 0 Å². The van der Waals surface area contributed by atoms with Gasteiger partial charge in [-0.3, -0.25) is 0 Å². The molecule has 0 aromatic rings. The third-order valence-corrected chi connectivity index (χ3v) is 0.612. The van der Waals surface area contributed by atoms with E-state index in [1.807, 2.05) is 0 Å². The van der Waals surface area contributed by atoms with Gasteiger partial charge in [0.2, 0.25) is 0 Å². The molecule has 0 spiro atoms. The van der Waals surface area contributed by atoms with Gasteiger partial charge in [0.1, 0.15) is 0 Å². The van der Waals surface area contributed by atoms with Crippen molar-refractivity contribution in [3.8, 4) is 0 Å². The first-order valence-corrected chi connectivity index (χ1v) is 1.97. The Balaban J connectivity index is 3.28. The second-order valence-corrected chi connectivity index (χ2v) is 1.11. The fraction of sp³-hybridized carbons (Fsp3) is 1.00. The van der Waals surface area contributed by atoms with Gasteiger partial charge in [0.05, 0.1) is 10.7 Å². The van der Waals surface area contributed by atoms with Crippen molar-refractivity contribution in [1.29, 1.82) is 0 Å². The van der Waals surface area contributed by atoms with Crippen LogP contribution < -0.4 is 10.6 Å². The maximum atomic E-state index is 9.15. The van der Waals surface area contributed by atoms with Gasteiger partial charge in [-0.05, 0) is 0 Å². The van der Waals surface area contributed by atoms with E-state index in [1.54, 1.807) is 10.6 Å². The fourth-order valence-corrected chi connectivity index (χ4v) is 0.306. The highest BCUT2D eigenvalue weighted by molar-refractivity contribution is 4.73. The minimum absolute atomic E-state index is 1.55. The summed E-state index contributed by atoms with van der Waals surface area (Å²) in [6.07, 6.45) is 0. The van der Waals surface area contributed by atoms with E-state index in [4.69, 9.17) is 17.4 Å². The summed E-state index contributed by atoms with van der Waals surface area (Å²) < 4.78 is 65.3. The van der Waals surface area contributed by atoms with E-state index in [9.17, 15) is 0 Å². The molecule has 1 saturated heterocycles. The summed E-state index contributed by atoms with van der Waals surface area (Å²) in [6, 6.07) is -3.10. The summed E-state index contributed by atoms with van der Waals surface area (Å²) in [5, 5.41) is 12.3. The molecule has 0 radical (unpaired) electrons. The van der Waals surface area contributed by atoms with Crippen molar-refractivity contribution in [3.05, 3.63) is 0 Å². The SMILES string of the molecule is [2H]C([2H])(O)C1([2H])NC([2H])([2H])C([2H])([2H])NC1([2H])[2H]. The lowest BCUT2D eigenvalue weighted by Gasteiger charge is -2.21. The Labute approximate surface area is 61.7 Å². The molecule has 1 unspecified atom stereocenters. The lowest BCUT2D eigenvalue weighted by molar-refractivity contribution is 0.227. The van der Waals surface area contributed by atoms with Gasteiger partial charge < -0.3 is 15.7 Å². The molecule has 0 bridgehead atoms. The van der Waals surface area contributed by atoms with E-state index < -0.39 is 32.1 Å². The third kappa shape index (κ3) is 1.43. The monoisotopic (exact) mass is 125 g/mol. The zero-order valence-corrected chi connectivity index (χ0v) is 3.95. The molecule has 3 heteroatoms. The molecule has 1 atom stereocenters. The number of hydrogen-bond acceptors (Lipinski definition) is 3. The topological polar surface area (TPSA) is 44.3 Å². The van der Waals surface area contributed by atoms with Crippen LogP contribution in [-0.2, 0) is 0 Å². The Morgan fingerprint density at radius 2 is 2.88 bits per heavy atom. The summed E-state index contributed by atoms with van der Waals surface area (Å²) in [4.78, 5) is 0. The van der Waals surface area contributed by atoms with Crippen molar-refractivity contribution in [1.82, 2.24) is 10.6 Å². The minimum Gasteiger partial charge on any atom is -0.395 e. The molecule has 1 heterocycles. The third-order valence-electron chi connectivity index (χ3n) is 0.612. The molecular weight excluding hydrogens is 104 g/mol. The molecule has 0 aromatic carbocycles. The van der Waals surface area contributed by atoms with Crippen LogP contribution in [0.15, 0.2) is 0 Å². The summed E-state index contributed by atoms with van der Waals surface area (Å²) in [5.41, 5.74) is 0.